The van der Waals surface area contributed by atoms with Crippen LogP contribution in [0.3, 0.4) is 0 Å². The topological polar surface area (TPSA) is 110 Å². The van der Waals surface area contributed by atoms with E-state index in [1.807, 2.05) is 35.4 Å². The fourth-order valence-corrected chi connectivity index (χ4v) is 4.24. The molecule has 3 aromatic rings. The van der Waals surface area contributed by atoms with E-state index in [1.54, 1.807) is 24.7 Å². The number of nitrogens with zero attached hydrogens (tertiary/aromatic N) is 5. The maximum Gasteiger partial charge on any atom is 0.312 e. The molecular weight excluding hydrogens is 396 g/mol. The lowest BCUT2D eigenvalue weighted by Gasteiger charge is -2.31. The molecule has 31 heavy (non-hydrogen) atoms. The number of nitro groups is 1. The third-order valence-corrected chi connectivity index (χ3v) is 6.00. The van der Waals surface area contributed by atoms with Crippen molar-refractivity contribution >= 4 is 11.6 Å². The van der Waals surface area contributed by atoms with Crippen molar-refractivity contribution in [1.82, 2.24) is 24.6 Å². The molecule has 1 aliphatic rings. The molecule has 0 bridgehead atoms. The second-order valence-electron chi connectivity index (χ2n) is 8.11. The Bertz CT molecular complexity index is 1060. The Morgan fingerprint density at radius 2 is 1.94 bits per heavy atom. The number of amides is 1. The zero-order chi connectivity index (χ0) is 22.0. The summed E-state index contributed by atoms with van der Waals surface area (Å²) in [7, 11) is 0. The monoisotopic (exact) mass is 422 g/mol. The number of piperidine rings is 1. The highest BCUT2D eigenvalue weighted by atomic mass is 16.6. The van der Waals surface area contributed by atoms with E-state index in [9.17, 15) is 14.9 Å². The molecule has 162 valence electrons. The minimum atomic E-state index is -0.395. The largest absolute Gasteiger partial charge is 0.349 e. The minimum Gasteiger partial charge on any atom is -0.349 e. The molecule has 1 aromatic carbocycles. The number of hydrogen-bond acceptors (Lipinski definition) is 5. The highest BCUT2D eigenvalue weighted by molar-refractivity contribution is 5.94. The summed E-state index contributed by atoms with van der Waals surface area (Å²) in [6, 6.07) is 7.43. The molecule has 1 N–H and O–H groups in total. The molecule has 0 saturated carbocycles. The van der Waals surface area contributed by atoms with Crippen molar-refractivity contribution in [3.8, 4) is 0 Å². The van der Waals surface area contributed by atoms with Crippen molar-refractivity contribution < 1.29 is 9.72 Å². The Labute approximate surface area is 180 Å². The summed E-state index contributed by atoms with van der Waals surface area (Å²) in [6.45, 7) is 5.27. The number of aryl methyl sites for hydroxylation is 1. The fourth-order valence-electron chi connectivity index (χ4n) is 4.24. The smallest absolute Gasteiger partial charge is 0.312 e. The summed E-state index contributed by atoms with van der Waals surface area (Å²) in [4.78, 5) is 33.0. The summed E-state index contributed by atoms with van der Waals surface area (Å²) in [5.41, 5.74) is 2.59. The summed E-state index contributed by atoms with van der Waals surface area (Å²) < 4.78 is 1.63. The third-order valence-electron chi connectivity index (χ3n) is 6.00. The number of carbonyl (C=O) groups excluding carboxylic acids is 1. The van der Waals surface area contributed by atoms with Crippen LogP contribution in [0.4, 0.5) is 5.69 Å². The number of hydrogen-bond donors (Lipinski definition) is 1. The van der Waals surface area contributed by atoms with Gasteiger partial charge in [-0.15, -0.1) is 0 Å². The number of nitrogens with one attached hydrogen (secondary N) is 1. The molecule has 0 spiro atoms. The number of imidazole rings is 1. The van der Waals surface area contributed by atoms with Gasteiger partial charge in [0.2, 0.25) is 0 Å². The molecule has 9 nitrogen and oxygen atoms in total. The van der Waals surface area contributed by atoms with E-state index in [-0.39, 0.29) is 11.6 Å². The lowest BCUT2D eigenvalue weighted by molar-refractivity contribution is -0.386. The highest BCUT2D eigenvalue weighted by Crippen LogP contribution is 2.24. The van der Waals surface area contributed by atoms with Crippen molar-refractivity contribution in [2.24, 2.45) is 5.92 Å². The van der Waals surface area contributed by atoms with Gasteiger partial charge in [-0.2, -0.15) is 5.10 Å². The molecule has 1 aliphatic heterocycles. The van der Waals surface area contributed by atoms with Gasteiger partial charge in [0.1, 0.15) is 17.2 Å². The van der Waals surface area contributed by atoms with Crippen LogP contribution in [0.25, 0.3) is 0 Å². The first-order valence-electron chi connectivity index (χ1n) is 10.5. The molecule has 2 aromatic heterocycles. The van der Waals surface area contributed by atoms with Gasteiger partial charge in [0.25, 0.3) is 5.91 Å². The first kappa shape index (κ1) is 20.8. The van der Waals surface area contributed by atoms with Crippen molar-refractivity contribution in [3.63, 3.8) is 0 Å². The van der Waals surface area contributed by atoms with Gasteiger partial charge in [0, 0.05) is 37.5 Å². The fraction of sp³-hybridized carbons (Fsp3) is 0.409. The summed E-state index contributed by atoms with van der Waals surface area (Å²) in [6.07, 6.45) is 6.48. The van der Waals surface area contributed by atoms with Crippen LogP contribution in [0, 0.1) is 29.9 Å². The van der Waals surface area contributed by atoms with Crippen molar-refractivity contribution in [2.45, 2.75) is 39.7 Å². The number of benzene rings is 1. The Balaban J connectivity index is 1.36. The normalized spacial score (nSPS) is 14.7. The molecule has 0 unspecified atom stereocenters. The van der Waals surface area contributed by atoms with Crippen LogP contribution in [0.1, 0.15) is 46.0 Å². The van der Waals surface area contributed by atoms with Crippen LogP contribution in [0.15, 0.2) is 36.7 Å². The maximum atomic E-state index is 12.9. The third kappa shape index (κ3) is 4.50. The van der Waals surface area contributed by atoms with Gasteiger partial charge in [-0.1, -0.05) is 12.1 Å². The predicted molar refractivity (Wildman–Crippen MR) is 115 cm³/mol. The maximum absolute atomic E-state index is 12.9. The van der Waals surface area contributed by atoms with Gasteiger partial charge < -0.3 is 9.88 Å². The van der Waals surface area contributed by atoms with Gasteiger partial charge in [-0.05, 0) is 50.3 Å². The molecule has 0 radical (unpaired) electrons. The van der Waals surface area contributed by atoms with E-state index in [0.29, 0.717) is 29.4 Å². The Hall–Kier alpha value is -3.49. The van der Waals surface area contributed by atoms with Crippen LogP contribution >= 0.6 is 0 Å². The summed E-state index contributed by atoms with van der Waals surface area (Å²) in [5, 5.41) is 15.5. The van der Waals surface area contributed by atoms with Crippen molar-refractivity contribution in [3.05, 3.63) is 75.1 Å². The quantitative estimate of drug-likeness (QED) is 0.484. The van der Waals surface area contributed by atoms with E-state index < -0.39 is 4.92 Å². The number of likely N-dealkylation sites (tertiary alicyclic amines) is 1. The molecule has 0 aliphatic carbocycles. The Kier molecular flexibility index (Phi) is 5.83. The number of aromatic nitrogens is 4. The SMILES string of the molecule is Cc1nn(Cc2ccc(C(=O)N3CCC(Cc4ncc[nH]4)CC3)cc2)c(C)c1[N+](=O)[O-]. The van der Waals surface area contributed by atoms with E-state index in [4.69, 9.17) is 0 Å². The molecule has 1 amide bonds. The van der Waals surface area contributed by atoms with Crippen LogP contribution in [-0.4, -0.2) is 48.6 Å². The van der Waals surface area contributed by atoms with E-state index in [1.165, 1.54) is 0 Å². The Morgan fingerprint density at radius 3 is 2.52 bits per heavy atom. The van der Waals surface area contributed by atoms with E-state index >= 15 is 0 Å². The zero-order valence-electron chi connectivity index (χ0n) is 17.7. The summed E-state index contributed by atoms with van der Waals surface area (Å²) in [5.74, 6) is 1.60. The van der Waals surface area contributed by atoms with Crippen LogP contribution in [-0.2, 0) is 13.0 Å². The Morgan fingerprint density at radius 1 is 1.23 bits per heavy atom. The van der Waals surface area contributed by atoms with Crippen LogP contribution in [0.5, 0.6) is 0 Å². The van der Waals surface area contributed by atoms with Crippen molar-refractivity contribution in [2.75, 3.05) is 13.1 Å². The molecule has 3 heterocycles. The minimum absolute atomic E-state index is 0.0461. The molecule has 9 heteroatoms. The highest BCUT2D eigenvalue weighted by Gasteiger charge is 2.25. The van der Waals surface area contributed by atoms with E-state index in [2.05, 4.69) is 15.1 Å². The van der Waals surface area contributed by atoms with Gasteiger partial charge in [0.15, 0.2) is 0 Å². The average molecular weight is 422 g/mol. The lowest BCUT2D eigenvalue weighted by Crippen LogP contribution is -2.39. The first-order chi connectivity index (χ1) is 14.9. The molecule has 4 rings (SSSR count). The number of carbonyl (C=O) groups is 1. The van der Waals surface area contributed by atoms with Crippen LogP contribution < -0.4 is 0 Å². The van der Waals surface area contributed by atoms with Crippen LogP contribution in [0.2, 0.25) is 0 Å². The van der Waals surface area contributed by atoms with Gasteiger partial charge in [-0.25, -0.2) is 4.98 Å². The second-order valence-corrected chi connectivity index (χ2v) is 8.11. The molecule has 1 fully saturated rings. The first-order valence-corrected chi connectivity index (χ1v) is 10.5. The second kappa shape index (κ2) is 8.71. The predicted octanol–water partition coefficient (Wildman–Crippen LogP) is 3.27. The zero-order valence-corrected chi connectivity index (χ0v) is 17.7. The number of H-pyrrole nitrogens is 1. The van der Waals surface area contributed by atoms with Crippen molar-refractivity contribution in [1.29, 1.82) is 0 Å². The lowest BCUT2D eigenvalue weighted by atomic mass is 9.93. The standard InChI is InChI=1S/C22H26N6O3/c1-15-21(28(30)31)16(2)27(25-15)14-18-3-5-19(6-4-18)22(29)26-11-7-17(8-12-26)13-20-23-9-10-24-20/h3-6,9-10,17H,7-8,11-14H2,1-2H3,(H,23,24). The van der Waals surface area contributed by atoms with Gasteiger partial charge in [0.05, 0.1) is 11.5 Å². The number of rotatable bonds is 6. The average Bonchev–Trinajstić information content (AvgIpc) is 3.36. The summed E-state index contributed by atoms with van der Waals surface area (Å²) >= 11 is 0. The molecular formula is C22H26N6O3. The molecule has 1 saturated heterocycles. The van der Waals surface area contributed by atoms with Gasteiger partial charge in [-0.3, -0.25) is 19.6 Å². The molecule has 0 atom stereocenters. The van der Waals surface area contributed by atoms with Gasteiger partial charge >= 0.3 is 5.69 Å². The van der Waals surface area contributed by atoms with E-state index in [0.717, 1.165) is 43.7 Å². The number of aromatic amines is 1.